The Balaban J connectivity index is 1.10. The van der Waals surface area contributed by atoms with Gasteiger partial charge in [-0.1, -0.05) is 41.9 Å². The van der Waals surface area contributed by atoms with Gasteiger partial charge in [-0.05, 0) is 80.9 Å². The van der Waals surface area contributed by atoms with Crippen LogP contribution in [0.1, 0.15) is 49.1 Å². The molecule has 0 saturated carbocycles. The van der Waals surface area contributed by atoms with E-state index in [1.807, 2.05) is 23.1 Å². The molecule has 0 radical (unpaired) electrons. The fourth-order valence-corrected chi connectivity index (χ4v) is 5.52. The van der Waals surface area contributed by atoms with Gasteiger partial charge in [0.2, 0.25) is 5.91 Å². The van der Waals surface area contributed by atoms with Gasteiger partial charge in [-0.2, -0.15) is 0 Å². The first kappa shape index (κ1) is 20.6. The number of hydrogen-bond donors (Lipinski definition) is 1. The average Bonchev–Trinajstić information content (AvgIpc) is 3.24. The van der Waals surface area contributed by atoms with Gasteiger partial charge >= 0.3 is 0 Å². The predicted octanol–water partition coefficient (Wildman–Crippen LogP) is 5.76. The minimum absolute atomic E-state index is 0.276. The van der Waals surface area contributed by atoms with E-state index in [0.717, 1.165) is 61.7 Å². The van der Waals surface area contributed by atoms with E-state index in [9.17, 15) is 4.79 Å². The maximum atomic E-state index is 12.4. The molecule has 0 atom stereocenters. The summed E-state index contributed by atoms with van der Waals surface area (Å²) in [6.45, 7) is 4.24. The number of carbonyl (C=O) groups excluding carboxylic acids is 1. The number of piperidine rings is 1. The number of anilines is 1. The summed E-state index contributed by atoms with van der Waals surface area (Å²) in [5, 5.41) is 2.08. The van der Waals surface area contributed by atoms with Crippen LogP contribution in [0, 0.1) is 0 Å². The molecule has 3 aromatic rings. The number of aromatic nitrogens is 1. The van der Waals surface area contributed by atoms with E-state index in [1.165, 1.54) is 29.4 Å². The molecule has 1 aromatic heterocycles. The minimum Gasteiger partial charge on any atom is -0.360 e. The number of fused-ring (bicyclic) bond motifs is 2. The standard InChI is InChI=1S/C26H30ClN3O/c27-23-8-5-7-21-22(18-28-26(21)23)19-12-16-29(17-13-19)14-3-4-15-30-24-9-2-1-6-20(24)10-11-25(30)31/h1-2,5-9,18-19,28H,3-4,10-17H2. The fraction of sp³-hybridized carbons (Fsp3) is 0.423. The van der Waals surface area contributed by atoms with E-state index in [4.69, 9.17) is 11.6 Å². The number of likely N-dealkylation sites (tertiary alicyclic amines) is 1. The number of rotatable bonds is 6. The third-order valence-electron chi connectivity index (χ3n) is 7.02. The fourth-order valence-electron chi connectivity index (χ4n) is 5.29. The number of H-pyrrole nitrogens is 1. The highest BCUT2D eigenvalue weighted by molar-refractivity contribution is 6.35. The summed E-state index contributed by atoms with van der Waals surface area (Å²) in [7, 11) is 0. The van der Waals surface area contributed by atoms with Crippen molar-refractivity contribution in [2.45, 2.75) is 44.4 Å². The van der Waals surface area contributed by atoms with Gasteiger partial charge in [0.15, 0.2) is 0 Å². The van der Waals surface area contributed by atoms with E-state index in [2.05, 4.69) is 40.3 Å². The lowest BCUT2D eigenvalue weighted by molar-refractivity contribution is -0.118. The van der Waals surface area contributed by atoms with Crippen LogP contribution in [0.25, 0.3) is 10.9 Å². The zero-order valence-electron chi connectivity index (χ0n) is 17.9. The molecule has 1 saturated heterocycles. The zero-order chi connectivity index (χ0) is 21.2. The molecule has 0 bridgehead atoms. The smallest absolute Gasteiger partial charge is 0.227 e. The highest BCUT2D eigenvalue weighted by Gasteiger charge is 2.25. The summed E-state index contributed by atoms with van der Waals surface area (Å²) in [6, 6.07) is 14.5. The summed E-state index contributed by atoms with van der Waals surface area (Å²) < 4.78 is 0. The van der Waals surface area contributed by atoms with Crippen molar-refractivity contribution in [3.63, 3.8) is 0 Å². The van der Waals surface area contributed by atoms with Gasteiger partial charge < -0.3 is 14.8 Å². The molecule has 2 aliphatic heterocycles. The van der Waals surface area contributed by atoms with Crippen molar-refractivity contribution < 1.29 is 4.79 Å². The lowest BCUT2D eigenvalue weighted by Gasteiger charge is -2.32. The molecule has 2 aromatic carbocycles. The lowest BCUT2D eigenvalue weighted by atomic mass is 9.89. The third-order valence-corrected chi connectivity index (χ3v) is 7.34. The second kappa shape index (κ2) is 9.05. The van der Waals surface area contributed by atoms with Crippen LogP contribution >= 0.6 is 11.6 Å². The second-order valence-electron chi connectivity index (χ2n) is 8.90. The highest BCUT2D eigenvalue weighted by Crippen LogP contribution is 2.35. The van der Waals surface area contributed by atoms with Crippen molar-refractivity contribution in [2.24, 2.45) is 0 Å². The van der Waals surface area contributed by atoms with E-state index >= 15 is 0 Å². The summed E-state index contributed by atoms with van der Waals surface area (Å²) in [6.07, 6.45) is 8.26. The van der Waals surface area contributed by atoms with Crippen LogP contribution in [-0.2, 0) is 11.2 Å². The molecule has 1 fully saturated rings. The molecule has 1 N–H and O–H groups in total. The molecular formula is C26H30ClN3O. The summed E-state index contributed by atoms with van der Waals surface area (Å²) in [4.78, 5) is 20.4. The van der Waals surface area contributed by atoms with E-state index < -0.39 is 0 Å². The topological polar surface area (TPSA) is 39.3 Å². The molecule has 1 amide bonds. The van der Waals surface area contributed by atoms with Crippen LogP contribution in [0.2, 0.25) is 5.02 Å². The molecule has 4 nitrogen and oxygen atoms in total. The number of aryl methyl sites for hydroxylation is 1. The van der Waals surface area contributed by atoms with Gasteiger partial charge in [-0.25, -0.2) is 0 Å². The Bertz CT molecular complexity index is 1070. The Morgan fingerprint density at radius 3 is 2.65 bits per heavy atom. The maximum Gasteiger partial charge on any atom is 0.227 e. The zero-order valence-corrected chi connectivity index (χ0v) is 18.7. The van der Waals surface area contributed by atoms with Crippen molar-refractivity contribution in [3.05, 3.63) is 64.8 Å². The molecule has 162 valence electrons. The van der Waals surface area contributed by atoms with Crippen LogP contribution in [-0.4, -0.2) is 42.0 Å². The van der Waals surface area contributed by atoms with Crippen molar-refractivity contribution in [3.8, 4) is 0 Å². The minimum atomic E-state index is 0.276. The normalized spacial score (nSPS) is 18.0. The number of hydrogen-bond acceptors (Lipinski definition) is 2. The number of benzene rings is 2. The number of aromatic amines is 1. The van der Waals surface area contributed by atoms with Crippen LogP contribution in [0.15, 0.2) is 48.7 Å². The number of para-hydroxylation sites is 2. The monoisotopic (exact) mass is 435 g/mol. The molecule has 2 aliphatic rings. The molecule has 5 heteroatoms. The SMILES string of the molecule is O=C1CCc2ccccc2N1CCCCN1CCC(c2c[nH]c3c(Cl)cccc23)CC1. The molecular weight excluding hydrogens is 406 g/mol. The summed E-state index contributed by atoms with van der Waals surface area (Å²) >= 11 is 6.33. The number of amides is 1. The Morgan fingerprint density at radius 2 is 1.77 bits per heavy atom. The number of halogens is 1. The predicted molar refractivity (Wildman–Crippen MR) is 128 cm³/mol. The number of nitrogens with one attached hydrogen (secondary N) is 1. The quantitative estimate of drug-likeness (QED) is 0.500. The molecule has 0 unspecified atom stereocenters. The first-order chi connectivity index (χ1) is 15.2. The Hall–Kier alpha value is -2.30. The van der Waals surface area contributed by atoms with Crippen molar-refractivity contribution in [2.75, 3.05) is 31.1 Å². The molecule has 5 rings (SSSR count). The van der Waals surface area contributed by atoms with Crippen LogP contribution < -0.4 is 4.90 Å². The van der Waals surface area contributed by atoms with Gasteiger partial charge in [0.1, 0.15) is 0 Å². The molecule has 0 aliphatic carbocycles. The van der Waals surface area contributed by atoms with Gasteiger partial charge in [-0.15, -0.1) is 0 Å². The summed E-state index contributed by atoms with van der Waals surface area (Å²) in [5.74, 6) is 0.879. The Kier molecular flexibility index (Phi) is 6.02. The number of unbranched alkanes of at least 4 members (excludes halogenated alkanes) is 1. The van der Waals surface area contributed by atoms with Gasteiger partial charge in [0, 0.05) is 30.2 Å². The second-order valence-corrected chi connectivity index (χ2v) is 9.31. The van der Waals surface area contributed by atoms with Crippen LogP contribution in [0.5, 0.6) is 0 Å². The Labute approximate surface area is 189 Å². The molecule has 3 heterocycles. The van der Waals surface area contributed by atoms with Crippen LogP contribution in [0.4, 0.5) is 5.69 Å². The molecule has 0 spiro atoms. The van der Waals surface area contributed by atoms with Gasteiger partial charge in [-0.3, -0.25) is 4.79 Å². The third kappa shape index (κ3) is 4.24. The van der Waals surface area contributed by atoms with Crippen molar-refractivity contribution >= 4 is 34.1 Å². The van der Waals surface area contributed by atoms with Crippen molar-refractivity contribution in [1.29, 1.82) is 0 Å². The van der Waals surface area contributed by atoms with E-state index in [1.54, 1.807) is 0 Å². The maximum absolute atomic E-state index is 12.4. The Morgan fingerprint density at radius 1 is 0.968 bits per heavy atom. The largest absolute Gasteiger partial charge is 0.360 e. The molecule has 31 heavy (non-hydrogen) atoms. The average molecular weight is 436 g/mol. The lowest BCUT2D eigenvalue weighted by Crippen LogP contribution is -2.37. The highest BCUT2D eigenvalue weighted by atomic mass is 35.5. The van der Waals surface area contributed by atoms with E-state index in [-0.39, 0.29) is 5.91 Å². The van der Waals surface area contributed by atoms with Gasteiger partial charge in [0.25, 0.3) is 0 Å². The van der Waals surface area contributed by atoms with Gasteiger partial charge in [0.05, 0.1) is 10.5 Å². The number of carbonyl (C=O) groups is 1. The van der Waals surface area contributed by atoms with Crippen LogP contribution in [0.3, 0.4) is 0 Å². The number of nitrogens with zero attached hydrogens (tertiary/aromatic N) is 2. The van der Waals surface area contributed by atoms with Crippen molar-refractivity contribution in [1.82, 2.24) is 9.88 Å². The summed E-state index contributed by atoms with van der Waals surface area (Å²) in [5.41, 5.74) is 4.91. The van der Waals surface area contributed by atoms with E-state index in [0.29, 0.717) is 12.3 Å². The first-order valence-electron chi connectivity index (χ1n) is 11.6. The first-order valence-corrected chi connectivity index (χ1v) is 11.9.